The summed E-state index contributed by atoms with van der Waals surface area (Å²) in [6, 6.07) is 0. The van der Waals surface area contributed by atoms with E-state index in [1.807, 2.05) is 6.92 Å². The summed E-state index contributed by atoms with van der Waals surface area (Å²) in [7, 11) is 0. The van der Waals surface area contributed by atoms with Crippen LogP contribution in [-0.2, 0) is 0 Å². The summed E-state index contributed by atoms with van der Waals surface area (Å²) in [6.07, 6.45) is 7.59. The minimum atomic E-state index is 0.0693. The first-order chi connectivity index (χ1) is 10.1. The lowest BCUT2D eigenvalue weighted by molar-refractivity contribution is 0.173. The highest BCUT2D eigenvalue weighted by Crippen LogP contribution is 2.34. The van der Waals surface area contributed by atoms with Gasteiger partial charge in [0.15, 0.2) is 0 Å². The lowest BCUT2D eigenvalue weighted by Gasteiger charge is -2.44. The predicted octanol–water partition coefficient (Wildman–Crippen LogP) is 6.77. The summed E-state index contributed by atoms with van der Waals surface area (Å²) in [5.41, 5.74) is 5.61. The summed E-state index contributed by atoms with van der Waals surface area (Å²) >= 11 is 0. The van der Waals surface area contributed by atoms with Crippen LogP contribution in [0, 0.1) is 0 Å². The van der Waals surface area contributed by atoms with E-state index in [0.717, 1.165) is 36.2 Å². The first kappa shape index (κ1) is 20.5. The number of allylic oxidation sites excluding steroid dienone is 6. The molecule has 0 aromatic rings. The molecule has 0 aromatic heterocycles. The lowest BCUT2D eigenvalue weighted by atomic mass is 9.89. The molecule has 1 unspecified atom stereocenters. The molecule has 0 N–H and O–H groups in total. The van der Waals surface area contributed by atoms with E-state index in [4.69, 9.17) is 0 Å². The zero-order valence-electron chi connectivity index (χ0n) is 15.8. The maximum absolute atomic E-state index is 4.34. The second-order valence-corrected chi connectivity index (χ2v) is 6.60. The molecular weight excluding hydrogens is 266 g/mol. The second kappa shape index (κ2) is 8.82. The Hall–Kier alpha value is -1.50. The molecule has 0 rings (SSSR count). The average Bonchev–Trinajstić information content (AvgIpc) is 2.43. The molecule has 0 aromatic carbocycles. The molecule has 0 aliphatic rings. The fourth-order valence-electron chi connectivity index (χ4n) is 2.67. The highest BCUT2D eigenvalue weighted by Gasteiger charge is 2.31. The van der Waals surface area contributed by atoms with Crippen LogP contribution in [0.4, 0.5) is 0 Å². The van der Waals surface area contributed by atoms with Crippen LogP contribution >= 0.6 is 0 Å². The third kappa shape index (κ3) is 5.36. The van der Waals surface area contributed by atoms with Gasteiger partial charge in [0.1, 0.15) is 0 Å². The van der Waals surface area contributed by atoms with Gasteiger partial charge in [-0.2, -0.15) is 0 Å². The summed E-state index contributed by atoms with van der Waals surface area (Å²) in [4.78, 5) is 2.31. The fraction of sp³-hybridized carbons (Fsp3) is 0.524. The fourth-order valence-corrected chi connectivity index (χ4v) is 2.67. The van der Waals surface area contributed by atoms with E-state index in [1.165, 1.54) is 11.1 Å². The van der Waals surface area contributed by atoms with Gasteiger partial charge in [0.05, 0.1) is 0 Å². The van der Waals surface area contributed by atoms with E-state index in [-0.39, 0.29) is 5.54 Å². The van der Waals surface area contributed by atoms with Gasteiger partial charge >= 0.3 is 0 Å². The van der Waals surface area contributed by atoms with Gasteiger partial charge < -0.3 is 4.90 Å². The minimum Gasteiger partial charge on any atom is -0.340 e. The van der Waals surface area contributed by atoms with Crippen molar-refractivity contribution in [1.29, 1.82) is 0 Å². The molecule has 0 radical (unpaired) electrons. The summed E-state index contributed by atoms with van der Waals surface area (Å²) in [6.45, 7) is 27.6. The Morgan fingerprint density at radius 1 is 0.955 bits per heavy atom. The van der Waals surface area contributed by atoms with Crippen molar-refractivity contribution in [2.45, 2.75) is 73.3 Å². The molecule has 0 bridgehead atoms. The SMILES string of the molecule is C=C(C)/C(C)=C/C=C(/C)C(=C)N(C(=C)C)C(C)(CC)CCC. The maximum Gasteiger partial charge on any atom is 0.0417 e. The summed E-state index contributed by atoms with van der Waals surface area (Å²) in [5, 5.41) is 0. The quantitative estimate of drug-likeness (QED) is 0.424. The van der Waals surface area contributed by atoms with Crippen LogP contribution in [0.1, 0.15) is 67.7 Å². The van der Waals surface area contributed by atoms with Gasteiger partial charge in [-0.15, -0.1) is 0 Å². The van der Waals surface area contributed by atoms with Crippen molar-refractivity contribution in [2.75, 3.05) is 0 Å². The van der Waals surface area contributed by atoms with Gasteiger partial charge in [-0.25, -0.2) is 0 Å². The van der Waals surface area contributed by atoms with Crippen LogP contribution in [0.2, 0.25) is 0 Å². The Morgan fingerprint density at radius 3 is 1.82 bits per heavy atom. The van der Waals surface area contributed by atoms with Crippen LogP contribution in [0.25, 0.3) is 0 Å². The Balaban J connectivity index is 5.58. The molecule has 0 fully saturated rings. The topological polar surface area (TPSA) is 3.24 Å². The van der Waals surface area contributed by atoms with E-state index in [1.54, 1.807) is 0 Å². The summed E-state index contributed by atoms with van der Waals surface area (Å²) in [5.74, 6) is 0. The molecular formula is C21H35N. The van der Waals surface area contributed by atoms with Crippen molar-refractivity contribution in [2.24, 2.45) is 0 Å². The van der Waals surface area contributed by atoms with E-state index in [9.17, 15) is 0 Å². The third-order valence-electron chi connectivity index (χ3n) is 4.45. The largest absolute Gasteiger partial charge is 0.340 e. The van der Waals surface area contributed by atoms with E-state index < -0.39 is 0 Å². The normalized spacial score (nSPS) is 15.2. The van der Waals surface area contributed by atoms with Crippen molar-refractivity contribution in [3.05, 3.63) is 60.0 Å². The zero-order chi connectivity index (χ0) is 17.5. The Labute approximate surface area is 138 Å². The van der Waals surface area contributed by atoms with Crippen LogP contribution < -0.4 is 0 Å². The van der Waals surface area contributed by atoms with Crippen LogP contribution in [0.3, 0.4) is 0 Å². The molecule has 1 nitrogen and oxygen atoms in total. The molecule has 22 heavy (non-hydrogen) atoms. The smallest absolute Gasteiger partial charge is 0.0417 e. The van der Waals surface area contributed by atoms with Crippen LogP contribution in [-0.4, -0.2) is 10.4 Å². The maximum atomic E-state index is 4.34. The predicted molar refractivity (Wildman–Crippen MR) is 102 cm³/mol. The number of rotatable bonds is 9. The number of hydrogen-bond donors (Lipinski definition) is 0. The molecule has 0 aliphatic carbocycles. The zero-order valence-corrected chi connectivity index (χ0v) is 15.8. The second-order valence-electron chi connectivity index (χ2n) is 6.60. The lowest BCUT2D eigenvalue weighted by Crippen LogP contribution is -2.43. The van der Waals surface area contributed by atoms with Crippen molar-refractivity contribution < 1.29 is 0 Å². The van der Waals surface area contributed by atoms with Gasteiger partial charge in [0, 0.05) is 16.9 Å². The molecule has 0 saturated carbocycles. The average molecular weight is 302 g/mol. The highest BCUT2D eigenvalue weighted by molar-refractivity contribution is 5.36. The van der Waals surface area contributed by atoms with E-state index >= 15 is 0 Å². The van der Waals surface area contributed by atoms with Gasteiger partial charge in [0.25, 0.3) is 0 Å². The molecule has 124 valence electrons. The summed E-state index contributed by atoms with van der Waals surface area (Å²) < 4.78 is 0. The Kier molecular flexibility index (Phi) is 8.22. The first-order valence-electron chi connectivity index (χ1n) is 8.26. The number of nitrogens with zero attached hydrogens (tertiary/aromatic N) is 1. The van der Waals surface area contributed by atoms with Crippen LogP contribution in [0.15, 0.2) is 60.0 Å². The molecule has 0 aliphatic heterocycles. The highest BCUT2D eigenvalue weighted by atomic mass is 15.2. The number of hydrogen-bond acceptors (Lipinski definition) is 1. The van der Waals surface area contributed by atoms with E-state index in [2.05, 4.69) is 78.3 Å². The molecule has 0 amide bonds. The Bertz CT molecular complexity index is 490. The van der Waals surface area contributed by atoms with Gasteiger partial charge in [0.2, 0.25) is 0 Å². The van der Waals surface area contributed by atoms with Gasteiger partial charge in [-0.1, -0.05) is 57.7 Å². The molecule has 1 heteroatoms. The standard InChI is InChI=1S/C21H35N/c1-11-15-21(10,12-2)22(17(5)6)20(9)19(8)14-13-18(7)16(3)4/h13-14H,3,5,9,11-12,15H2,1-2,4,6-8,10H3/b18-13+,19-14-. The van der Waals surface area contributed by atoms with Crippen molar-refractivity contribution in [3.63, 3.8) is 0 Å². The third-order valence-corrected chi connectivity index (χ3v) is 4.45. The Morgan fingerprint density at radius 2 is 1.45 bits per heavy atom. The van der Waals surface area contributed by atoms with E-state index in [0.29, 0.717) is 0 Å². The minimum absolute atomic E-state index is 0.0693. The van der Waals surface area contributed by atoms with Crippen LogP contribution in [0.5, 0.6) is 0 Å². The van der Waals surface area contributed by atoms with Gasteiger partial charge in [-0.3, -0.25) is 0 Å². The molecule has 1 atom stereocenters. The molecule has 0 heterocycles. The van der Waals surface area contributed by atoms with Crippen molar-refractivity contribution in [1.82, 2.24) is 4.90 Å². The van der Waals surface area contributed by atoms with Crippen molar-refractivity contribution >= 4 is 0 Å². The molecule has 0 spiro atoms. The monoisotopic (exact) mass is 301 g/mol. The van der Waals surface area contributed by atoms with Gasteiger partial charge in [-0.05, 0) is 58.6 Å². The van der Waals surface area contributed by atoms with Crippen molar-refractivity contribution in [3.8, 4) is 0 Å². The first-order valence-corrected chi connectivity index (χ1v) is 8.26. The molecule has 0 saturated heterocycles.